The first kappa shape index (κ1) is 20.5. The molecule has 1 aliphatic rings. The van der Waals surface area contributed by atoms with Gasteiger partial charge in [-0.3, -0.25) is 9.78 Å². The first-order chi connectivity index (χ1) is 14.4. The van der Waals surface area contributed by atoms with Gasteiger partial charge in [0, 0.05) is 23.6 Å². The minimum Gasteiger partial charge on any atom is -0.393 e. The van der Waals surface area contributed by atoms with E-state index in [1.54, 1.807) is 12.3 Å². The average molecular weight is 431 g/mol. The summed E-state index contributed by atoms with van der Waals surface area (Å²) >= 11 is 0.977. The number of thiazole rings is 1. The van der Waals surface area contributed by atoms with E-state index in [4.69, 9.17) is 4.74 Å². The van der Waals surface area contributed by atoms with Crippen molar-refractivity contribution in [3.05, 3.63) is 64.9 Å². The standard InChI is InChI=1S/C21H19F2N3O3S/c1-11-7-12(27)8-18(29-11)13-5-6-24-9-16(13)25-20(28)17-10-30-21(26-17)19-14(22)3-2-4-15(19)23/h2-6,9-12,18,27H,7-8H2,1H3,(H,25,28)/t11-,12-,18-/m1/s1. The number of aliphatic hydroxyl groups is 1. The Morgan fingerprint density at radius 1 is 1.27 bits per heavy atom. The Labute approximate surface area is 175 Å². The number of anilines is 1. The van der Waals surface area contributed by atoms with Gasteiger partial charge >= 0.3 is 0 Å². The zero-order valence-corrected chi connectivity index (χ0v) is 16.8. The number of benzene rings is 1. The van der Waals surface area contributed by atoms with Crippen molar-refractivity contribution < 1.29 is 23.4 Å². The second kappa shape index (κ2) is 8.55. The highest BCUT2D eigenvalue weighted by Crippen LogP contribution is 2.35. The number of aliphatic hydroxyl groups excluding tert-OH is 1. The minimum atomic E-state index is -0.743. The van der Waals surface area contributed by atoms with Gasteiger partial charge < -0.3 is 15.2 Å². The molecule has 4 rings (SSSR count). The maximum atomic E-state index is 14.0. The van der Waals surface area contributed by atoms with E-state index < -0.39 is 23.6 Å². The highest BCUT2D eigenvalue weighted by Gasteiger charge is 2.29. The van der Waals surface area contributed by atoms with E-state index in [2.05, 4.69) is 15.3 Å². The van der Waals surface area contributed by atoms with E-state index in [1.165, 1.54) is 17.6 Å². The van der Waals surface area contributed by atoms with Gasteiger partial charge in [0.1, 0.15) is 22.3 Å². The molecule has 3 heterocycles. The molecule has 9 heteroatoms. The molecule has 1 saturated heterocycles. The molecule has 0 aliphatic carbocycles. The first-order valence-electron chi connectivity index (χ1n) is 9.41. The van der Waals surface area contributed by atoms with Crippen LogP contribution in [-0.2, 0) is 4.74 Å². The van der Waals surface area contributed by atoms with Crippen LogP contribution in [0.3, 0.4) is 0 Å². The summed E-state index contributed by atoms with van der Waals surface area (Å²) in [5.74, 6) is -2.02. The second-order valence-electron chi connectivity index (χ2n) is 7.11. The van der Waals surface area contributed by atoms with Crippen LogP contribution in [0.2, 0.25) is 0 Å². The number of rotatable bonds is 4. The van der Waals surface area contributed by atoms with Crippen molar-refractivity contribution in [1.29, 1.82) is 0 Å². The van der Waals surface area contributed by atoms with Crippen molar-refractivity contribution in [1.82, 2.24) is 9.97 Å². The SMILES string of the molecule is C[C@@H]1C[C@@H](O)C[C@H](c2ccncc2NC(=O)c2csc(-c3c(F)cccc3F)n2)O1. The van der Waals surface area contributed by atoms with Crippen molar-refractivity contribution in [2.75, 3.05) is 5.32 Å². The summed E-state index contributed by atoms with van der Waals surface area (Å²) in [6, 6.07) is 5.28. The molecular formula is C21H19F2N3O3S. The molecule has 1 fully saturated rings. The lowest BCUT2D eigenvalue weighted by Crippen LogP contribution is -2.30. The van der Waals surface area contributed by atoms with E-state index in [-0.39, 0.29) is 28.5 Å². The molecule has 0 unspecified atom stereocenters. The molecule has 3 atom stereocenters. The van der Waals surface area contributed by atoms with E-state index in [0.717, 1.165) is 23.5 Å². The van der Waals surface area contributed by atoms with Crippen molar-refractivity contribution in [3.8, 4) is 10.6 Å². The predicted molar refractivity (Wildman–Crippen MR) is 108 cm³/mol. The van der Waals surface area contributed by atoms with Crippen LogP contribution in [0.4, 0.5) is 14.5 Å². The summed E-state index contributed by atoms with van der Waals surface area (Å²) in [5, 5.41) is 14.3. The van der Waals surface area contributed by atoms with Gasteiger partial charge in [-0.1, -0.05) is 6.07 Å². The zero-order chi connectivity index (χ0) is 21.3. The summed E-state index contributed by atoms with van der Waals surface area (Å²) in [6.07, 6.45) is 3.04. The molecular weight excluding hydrogens is 412 g/mol. The van der Waals surface area contributed by atoms with Crippen LogP contribution in [0.25, 0.3) is 10.6 Å². The number of nitrogens with zero attached hydrogens (tertiary/aromatic N) is 2. The third-order valence-electron chi connectivity index (χ3n) is 4.85. The van der Waals surface area contributed by atoms with Gasteiger partial charge in [0.05, 0.1) is 35.8 Å². The number of hydrogen-bond acceptors (Lipinski definition) is 6. The Kier molecular flexibility index (Phi) is 5.85. The summed E-state index contributed by atoms with van der Waals surface area (Å²) in [5.41, 5.74) is 0.896. The van der Waals surface area contributed by atoms with Gasteiger partial charge in [0.15, 0.2) is 0 Å². The molecule has 0 spiro atoms. The summed E-state index contributed by atoms with van der Waals surface area (Å²) in [4.78, 5) is 20.9. The number of pyridine rings is 1. The third-order valence-corrected chi connectivity index (χ3v) is 5.71. The van der Waals surface area contributed by atoms with Gasteiger partial charge in [0.2, 0.25) is 0 Å². The van der Waals surface area contributed by atoms with Crippen molar-refractivity contribution in [2.24, 2.45) is 0 Å². The molecule has 2 aromatic heterocycles. The zero-order valence-electron chi connectivity index (χ0n) is 16.0. The van der Waals surface area contributed by atoms with E-state index in [0.29, 0.717) is 24.1 Å². The maximum Gasteiger partial charge on any atom is 0.275 e. The number of aromatic nitrogens is 2. The van der Waals surface area contributed by atoms with Gasteiger partial charge in [-0.15, -0.1) is 11.3 Å². The Morgan fingerprint density at radius 3 is 2.77 bits per heavy atom. The van der Waals surface area contributed by atoms with Crippen molar-refractivity contribution in [3.63, 3.8) is 0 Å². The fourth-order valence-corrected chi connectivity index (χ4v) is 4.34. The summed E-state index contributed by atoms with van der Waals surface area (Å²) < 4.78 is 33.9. The maximum absolute atomic E-state index is 14.0. The van der Waals surface area contributed by atoms with Crippen LogP contribution < -0.4 is 5.32 Å². The molecule has 1 amide bonds. The molecule has 30 heavy (non-hydrogen) atoms. The number of ether oxygens (including phenoxy) is 1. The van der Waals surface area contributed by atoms with E-state index in [9.17, 15) is 18.7 Å². The van der Waals surface area contributed by atoms with Crippen LogP contribution in [0.5, 0.6) is 0 Å². The summed E-state index contributed by atoms with van der Waals surface area (Å²) in [7, 11) is 0. The average Bonchev–Trinajstić information content (AvgIpc) is 3.17. The molecule has 2 N–H and O–H groups in total. The van der Waals surface area contributed by atoms with E-state index in [1.807, 2.05) is 6.92 Å². The first-order valence-corrected chi connectivity index (χ1v) is 10.3. The molecule has 0 radical (unpaired) electrons. The van der Waals surface area contributed by atoms with Crippen LogP contribution in [0.15, 0.2) is 42.0 Å². The Hall–Kier alpha value is -2.75. The molecule has 3 aromatic rings. The van der Waals surface area contributed by atoms with Gasteiger partial charge in [0.25, 0.3) is 5.91 Å². The molecule has 1 aliphatic heterocycles. The topological polar surface area (TPSA) is 84.3 Å². The second-order valence-corrected chi connectivity index (χ2v) is 7.97. The Morgan fingerprint density at radius 2 is 2.03 bits per heavy atom. The lowest BCUT2D eigenvalue weighted by molar-refractivity contribution is -0.0892. The van der Waals surface area contributed by atoms with Crippen LogP contribution in [-0.4, -0.2) is 33.2 Å². The lowest BCUT2D eigenvalue weighted by atomic mass is 9.96. The van der Waals surface area contributed by atoms with Crippen LogP contribution >= 0.6 is 11.3 Å². The van der Waals surface area contributed by atoms with Crippen LogP contribution in [0, 0.1) is 11.6 Å². The van der Waals surface area contributed by atoms with E-state index >= 15 is 0 Å². The quantitative estimate of drug-likeness (QED) is 0.642. The number of nitrogens with one attached hydrogen (secondary N) is 1. The van der Waals surface area contributed by atoms with Gasteiger partial charge in [-0.05, 0) is 31.5 Å². The number of amides is 1. The van der Waals surface area contributed by atoms with Gasteiger partial charge in [-0.2, -0.15) is 0 Å². The number of carbonyl (C=O) groups excluding carboxylic acids is 1. The van der Waals surface area contributed by atoms with Gasteiger partial charge in [-0.25, -0.2) is 13.8 Å². The lowest BCUT2D eigenvalue weighted by Gasteiger charge is -2.32. The highest BCUT2D eigenvalue weighted by atomic mass is 32.1. The largest absolute Gasteiger partial charge is 0.393 e. The smallest absolute Gasteiger partial charge is 0.275 e. The normalized spacial score (nSPS) is 21.4. The molecule has 6 nitrogen and oxygen atoms in total. The Balaban J connectivity index is 1.57. The minimum absolute atomic E-state index is 0.0328. The molecule has 0 bridgehead atoms. The molecule has 1 aromatic carbocycles. The molecule has 156 valence electrons. The monoisotopic (exact) mass is 431 g/mol. The highest BCUT2D eigenvalue weighted by molar-refractivity contribution is 7.13. The fourth-order valence-electron chi connectivity index (χ4n) is 3.49. The van der Waals surface area contributed by atoms with Crippen molar-refractivity contribution in [2.45, 2.75) is 38.1 Å². The Bertz CT molecular complexity index is 1040. The predicted octanol–water partition coefficient (Wildman–Crippen LogP) is 4.34. The third kappa shape index (κ3) is 4.23. The summed E-state index contributed by atoms with van der Waals surface area (Å²) in [6.45, 7) is 1.88. The fraction of sp³-hybridized carbons (Fsp3) is 0.286. The van der Waals surface area contributed by atoms with Crippen molar-refractivity contribution >= 4 is 22.9 Å². The number of hydrogen-bond donors (Lipinski definition) is 2. The number of halogens is 2. The molecule has 0 saturated carbocycles. The van der Waals surface area contributed by atoms with Crippen LogP contribution in [0.1, 0.15) is 41.9 Å². The number of carbonyl (C=O) groups is 1.